The molecule has 0 aliphatic heterocycles. The Balaban J connectivity index is 1.00. The van der Waals surface area contributed by atoms with E-state index < -0.39 is 0 Å². The molecule has 258 valence electrons. The van der Waals surface area contributed by atoms with Crippen molar-refractivity contribution in [1.29, 1.82) is 0 Å². The lowest BCUT2D eigenvalue weighted by Gasteiger charge is -2.61. The second-order valence-corrected chi connectivity index (χ2v) is 16.8. The molecule has 0 unspecified atom stereocenters. The average molecular weight is 691 g/mol. The molecule has 8 aromatic rings. The molecule has 0 N–H and O–H groups in total. The molecule has 4 saturated carbocycles. The van der Waals surface area contributed by atoms with Gasteiger partial charge in [-0.15, -0.1) is 0 Å². The van der Waals surface area contributed by atoms with Gasteiger partial charge >= 0.3 is 0 Å². The van der Waals surface area contributed by atoms with Crippen LogP contribution >= 0.6 is 0 Å². The first-order chi connectivity index (χ1) is 26.7. The molecule has 0 nitrogen and oxygen atoms in total. The molecule has 0 aromatic heterocycles. The van der Waals surface area contributed by atoms with Crippen LogP contribution in [-0.4, -0.2) is 0 Å². The third kappa shape index (κ3) is 4.32. The minimum atomic E-state index is 0.157. The molecule has 0 saturated heterocycles. The number of rotatable bonds is 4. The molecule has 5 aliphatic carbocycles. The molecule has 5 aliphatic rings. The highest BCUT2D eigenvalue weighted by Crippen LogP contribution is 2.69. The highest BCUT2D eigenvalue weighted by molar-refractivity contribution is 6.21. The van der Waals surface area contributed by atoms with E-state index in [1.807, 2.05) is 0 Å². The molecular formula is C54H42. The summed E-state index contributed by atoms with van der Waals surface area (Å²) in [5.74, 6) is 3.39. The summed E-state index contributed by atoms with van der Waals surface area (Å²) in [6, 6.07) is 64.3. The van der Waals surface area contributed by atoms with Gasteiger partial charge in [-0.05, 0) is 150 Å². The zero-order valence-electron chi connectivity index (χ0n) is 30.5. The fourth-order valence-electron chi connectivity index (χ4n) is 12.4. The number of hydrogen-bond donors (Lipinski definition) is 0. The van der Waals surface area contributed by atoms with E-state index in [4.69, 9.17) is 0 Å². The van der Waals surface area contributed by atoms with Crippen molar-refractivity contribution in [3.8, 4) is 55.6 Å². The van der Waals surface area contributed by atoms with Crippen LogP contribution in [0.4, 0.5) is 0 Å². The summed E-state index contributed by atoms with van der Waals surface area (Å²) in [6.07, 6.45) is 7.10. The zero-order valence-corrected chi connectivity index (χ0v) is 30.5. The van der Waals surface area contributed by atoms with E-state index in [1.54, 1.807) is 11.1 Å². The van der Waals surface area contributed by atoms with Gasteiger partial charge in [-0.1, -0.05) is 164 Å². The van der Waals surface area contributed by atoms with E-state index in [-0.39, 0.29) is 5.41 Å². The molecule has 4 fully saturated rings. The van der Waals surface area contributed by atoms with Crippen molar-refractivity contribution in [2.45, 2.75) is 37.5 Å². The van der Waals surface area contributed by atoms with Crippen LogP contribution in [0.15, 0.2) is 170 Å². The Morgan fingerprint density at radius 2 is 0.722 bits per heavy atom. The predicted molar refractivity (Wildman–Crippen MR) is 226 cm³/mol. The molecule has 0 radical (unpaired) electrons. The van der Waals surface area contributed by atoms with Crippen LogP contribution in [0.5, 0.6) is 0 Å². The topological polar surface area (TPSA) is 0 Å². The van der Waals surface area contributed by atoms with Crippen molar-refractivity contribution in [3.05, 3.63) is 181 Å². The van der Waals surface area contributed by atoms with Crippen molar-refractivity contribution in [2.24, 2.45) is 23.7 Å². The molecule has 13 rings (SSSR count). The molecule has 0 heterocycles. The summed E-state index contributed by atoms with van der Waals surface area (Å²) in [4.78, 5) is 0. The fourth-order valence-corrected chi connectivity index (χ4v) is 12.4. The number of fused-ring (bicyclic) bond motifs is 5. The third-order valence-electron chi connectivity index (χ3n) is 14.3. The van der Waals surface area contributed by atoms with Gasteiger partial charge < -0.3 is 0 Å². The Morgan fingerprint density at radius 1 is 0.315 bits per heavy atom. The first-order valence-electron chi connectivity index (χ1n) is 20.2. The van der Waals surface area contributed by atoms with Crippen LogP contribution in [0, 0.1) is 23.7 Å². The van der Waals surface area contributed by atoms with Gasteiger partial charge in [0.05, 0.1) is 0 Å². The normalized spacial score (nSPS) is 23.3. The van der Waals surface area contributed by atoms with Crippen LogP contribution in [0.25, 0.3) is 77.2 Å². The standard InChI is InChI=1S/C54H42/c1-2-10-36(11-3-1)37-18-20-38(21-19-37)39-22-24-40(25-23-39)52-46-13-4-6-15-48(46)53(49-16-7-5-14-47(49)52)41-26-27-45-44-12-8-9-17-50(44)54(51(45)33-41)42-29-34-28-35(31-42)32-43(54)30-34/h1-27,33-35,42-43H,28-32H2. The summed E-state index contributed by atoms with van der Waals surface area (Å²) < 4.78 is 0. The van der Waals surface area contributed by atoms with Crippen molar-refractivity contribution in [2.75, 3.05) is 0 Å². The van der Waals surface area contributed by atoms with Gasteiger partial charge in [0.25, 0.3) is 0 Å². The monoisotopic (exact) mass is 690 g/mol. The predicted octanol–water partition coefficient (Wildman–Crippen LogP) is 14.4. The summed E-state index contributed by atoms with van der Waals surface area (Å²) in [5.41, 5.74) is 16.7. The zero-order chi connectivity index (χ0) is 35.4. The molecular weight excluding hydrogens is 649 g/mol. The van der Waals surface area contributed by atoms with E-state index in [9.17, 15) is 0 Å². The van der Waals surface area contributed by atoms with Crippen LogP contribution in [0.3, 0.4) is 0 Å². The van der Waals surface area contributed by atoms with Gasteiger partial charge in [-0.25, -0.2) is 0 Å². The van der Waals surface area contributed by atoms with Crippen molar-refractivity contribution in [3.63, 3.8) is 0 Å². The molecule has 54 heavy (non-hydrogen) atoms. The van der Waals surface area contributed by atoms with E-state index in [1.165, 1.54) is 109 Å². The lowest BCUT2D eigenvalue weighted by atomic mass is 9.43. The Morgan fingerprint density at radius 3 is 1.28 bits per heavy atom. The van der Waals surface area contributed by atoms with Gasteiger partial charge in [0.2, 0.25) is 0 Å². The van der Waals surface area contributed by atoms with Gasteiger partial charge in [-0.3, -0.25) is 0 Å². The highest BCUT2D eigenvalue weighted by Gasteiger charge is 2.61. The minimum Gasteiger partial charge on any atom is -0.0622 e. The summed E-state index contributed by atoms with van der Waals surface area (Å²) in [6.45, 7) is 0. The molecule has 0 atom stereocenters. The van der Waals surface area contributed by atoms with Crippen LogP contribution < -0.4 is 0 Å². The Hall–Kier alpha value is -5.72. The summed E-state index contributed by atoms with van der Waals surface area (Å²) >= 11 is 0. The maximum absolute atomic E-state index is 2.67. The average Bonchev–Trinajstić information content (AvgIpc) is 3.52. The Kier molecular flexibility index (Phi) is 6.62. The van der Waals surface area contributed by atoms with Crippen LogP contribution in [0.2, 0.25) is 0 Å². The van der Waals surface area contributed by atoms with E-state index in [0.717, 1.165) is 23.7 Å². The minimum absolute atomic E-state index is 0.157. The molecule has 4 bridgehead atoms. The largest absolute Gasteiger partial charge is 0.0622 e. The Labute approximate surface area is 318 Å². The van der Waals surface area contributed by atoms with Crippen LogP contribution in [0.1, 0.15) is 43.2 Å². The number of benzene rings is 8. The molecule has 8 aromatic carbocycles. The maximum atomic E-state index is 2.67. The highest BCUT2D eigenvalue weighted by atomic mass is 14.6. The number of hydrogen-bond acceptors (Lipinski definition) is 0. The van der Waals surface area contributed by atoms with Gasteiger partial charge in [0, 0.05) is 5.41 Å². The summed E-state index contributed by atoms with van der Waals surface area (Å²) in [5, 5.41) is 5.31. The van der Waals surface area contributed by atoms with Crippen molar-refractivity contribution in [1.82, 2.24) is 0 Å². The molecule has 1 spiro atoms. The molecule has 0 amide bonds. The maximum Gasteiger partial charge on any atom is 0.0272 e. The van der Waals surface area contributed by atoms with Crippen molar-refractivity contribution >= 4 is 21.5 Å². The second kappa shape index (κ2) is 11.6. The second-order valence-electron chi connectivity index (χ2n) is 16.8. The lowest BCUT2D eigenvalue weighted by molar-refractivity contribution is -0.0399. The van der Waals surface area contributed by atoms with E-state index in [0.29, 0.717) is 0 Å². The SMILES string of the molecule is c1ccc(-c2ccc(-c3ccc(-c4c5ccccc5c(-c5ccc6c(c5)C5(c7ccccc7-6)C6CC7CC(C6)CC5C7)c5ccccc45)cc3)cc2)cc1. The first-order valence-corrected chi connectivity index (χ1v) is 20.2. The lowest BCUT2D eigenvalue weighted by Crippen LogP contribution is -2.55. The quantitative estimate of drug-likeness (QED) is 0.161. The van der Waals surface area contributed by atoms with Crippen molar-refractivity contribution < 1.29 is 0 Å². The van der Waals surface area contributed by atoms with Gasteiger partial charge in [0.1, 0.15) is 0 Å². The molecule has 0 heteroatoms. The smallest absolute Gasteiger partial charge is 0.0272 e. The van der Waals surface area contributed by atoms with Crippen LogP contribution in [-0.2, 0) is 5.41 Å². The Bertz CT molecular complexity index is 2660. The van der Waals surface area contributed by atoms with E-state index >= 15 is 0 Å². The summed E-state index contributed by atoms with van der Waals surface area (Å²) in [7, 11) is 0. The first kappa shape index (κ1) is 30.7. The van der Waals surface area contributed by atoms with E-state index in [2.05, 4.69) is 170 Å². The van der Waals surface area contributed by atoms with Gasteiger partial charge in [-0.2, -0.15) is 0 Å². The fraction of sp³-hybridized carbons (Fsp3) is 0.185. The third-order valence-corrected chi connectivity index (χ3v) is 14.3. The van der Waals surface area contributed by atoms with Gasteiger partial charge in [0.15, 0.2) is 0 Å².